The minimum atomic E-state index is 0.232. The van der Waals surface area contributed by atoms with Gasteiger partial charge in [-0.15, -0.1) is 5.10 Å². The van der Waals surface area contributed by atoms with Crippen LogP contribution in [0.3, 0.4) is 0 Å². The van der Waals surface area contributed by atoms with Crippen molar-refractivity contribution in [3.05, 3.63) is 23.2 Å². The maximum absolute atomic E-state index is 5.93. The average molecular weight is 252 g/mol. The Kier molecular flexibility index (Phi) is 3.28. The van der Waals surface area contributed by atoms with E-state index in [2.05, 4.69) is 29.4 Å². The van der Waals surface area contributed by atoms with Crippen LogP contribution >= 0.6 is 11.6 Å². The number of anilines is 1. The summed E-state index contributed by atoms with van der Waals surface area (Å²) in [5.41, 5.74) is 7.32. The molecule has 1 atom stereocenters. The Balaban J connectivity index is 2.50. The third kappa shape index (κ3) is 2.24. The minimum Gasteiger partial charge on any atom is -0.398 e. The van der Waals surface area contributed by atoms with Gasteiger partial charge in [0.1, 0.15) is 0 Å². The molecule has 0 fully saturated rings. The summed E-state index contributed by atoms with van der Waals surface area (Å²) in [5.74, 6) is 0.675. The number of aromatic nitrogens is 4. The van der Waals surface area contributed by atoms with Crippen LogP contribution in [0.1, 0.15) is 26.3 Å². The van der Waals surface area contributed by atoms with E-state index < -0.39 is 0 Å². The summed E-state index contributed by atoms with van der Waals surface area (Å²) >= 11 is 5.87. The number of hydrogen-bond acceptors (Lipinski definition) is 4. The predicted molar refractivity (Wildman–Crippen MR) is 67.7 cm³/mol. The average Bonchev–Trinajstić information content (AvgIpc) is 2.77. The van der Waals surface area contributed by atoms with Gasteiger partial charge in [-0.3, -0.25) is 0 Å². The Morgan fingerprint density at radius 2 is 2.24 bits per heavy atom. The standard InChI is InChI=1S/C11H14ClN5/c1-3-7(2)17-11(14-15-16-17)9-5-4-8(12)6-10(9)13/h4-7H,3,13H2,1-2H3. The van der Waals surface area contributed by atoms with Gasteiger partial charge in [0.2, 0.25) is 0 Å². The lowest BCUT2D eigenvalue weighted by Gasteiger charge is -2.12. The number of nitrogen functional groups attached to an aromatic ring is 1. The molecular formula is C11H14ClN5. The Labute approximate surface area is 105 Å². The van der Waals surface area contributed by atoms with Crippen molar-refractivity contribution in [2.45, 2.75) is 26.3 Å². The second-order valence-corrected chi connectivity index (χ2v) is 4.37. The van der Waals surface area contributed by atoms with Crippen LogP contribution in [0, 0.1) is 0 Å². The summed E-state index contributed by atoms with van der Waals surface area (Å²) in [4.78, 5) is 0. The molecule has 1 unspecified atom stereocenters. The summed E-state index contributed by atoms with van der Waals surface area (Å²) in [7, 11) is 0. The highest BCUT2D eigenvalue weighted by molar-refractivity contribution is 6.31. The number of nitrogens with two attached hydrogens (primary N) is 1. The van der Waals surface area contributed by atoms with Crippen molar-refractivity contribution in [3.8, 4) is 11.4 Å². The normalized spacial score (nSPS) is 12.6. The fraction of sp³-hybridized carbons (Fsp3) is 0.364. The minimum absolute atomic E-state index is 0.232. The van der Waals surface area contributed by atoms with Crippen LogP contribution in [0.25, 0.3) is 11.4 Å². The quantitative estimate of drug-likeness (QED) is 0.851. The number of nitrogens with zero attached hydrogens (tertiary/aromatic N) is 4. The highest BCUT2D eigenvalue weighted by Crippen LogP contribution is 2.28. The fourth-order valence-electron chi connectivity index (χ4n) is 1.58. The Hall–Kier alpha value is -1.62. The lowest BCUT2D eigenvalue weighted by atomic mass is 10.1. The Morgan fingerprint density at radius 1 is 1.47 bits per heavy atom. The molecule has 2 N–H and O–H groups in total. The highest BCUT2D eigenvalue weighted by Gasteiger charge is 2.15. The summed E-state index contributed by atoms with van der Waals surface area (Å²) in [6.45, 7) is 4.15. The number of benzene rings is 1. The van der Waals surface area contributed by atoms with E-state index in [0.717, 1.165) is 12.0 Å². The summed E-state index contributed by atoms with van der Waals surface area (Å²) in [6, 6.07) is 5.55. The SMILES string of the molecule is CCC(C)n1nnnc1-c1ccc(Cl)cc1N. The predicted octanol–water partition coefficient (Wildman–Crippen LogP) is 2.55. The molecule has 0 aliphatic rings. The van der Waals surface area contributed by atoms with Crippen molar-refractivity contribution < 1.29 is 0 Å². The van der Waals surface area contributed by atoms with Gasteiger partial charge in [-0.1, -0.05) is 18.5 Å². The molecule has 2 rings (SSSR count). The largest absolute Gasteiger partial charge is 0.398 e. The molecule has 0 aliphatic heterocycles. The van der Waals surface area contributed by atoms with Crippen LogP contribution in [0.5, 0.6) is 0 Å². The molecule has 6 heteroatoms. The van der Waals surface area contributed by atoms with Crippen molar-refractivity contribution in [3.63, 3.8) is 0 Å². The zero-order valence-corrected chi connectivity index (χ0v) is 10.5. The first-order valence-electron chi connectivity index (χ1n) is 5.46. The summed E-state index contributed by atoms with van der Waals surface area (Å²) in [6.07, 6.45) is 0.950. The molecule has 1 aromatic carbocycles. The molecule has 17 heavy (non-hydrogen) atoms. The van der Waals surface area contributed by atoms with E-state index in [9.17, 15) is 0 Å². The molecule has 90 valence electrons. The first-order valence-corrected chi connectivity index (χ1v) is 5.84. The molecule has 1 aromatic heterocycles. The van der Waals surface area contributed by atoms with Crippen molar-refractivity contribution in [2.75, 3.05) is 5.73 Å². The zero-order chi connectivity index (χ0) is 12.4. The van der Waals surface area contributed by atoms with E-state index in [1.807, 2.05) is 6.07 Å². The monoisotopic (exact) mass is 251 g/mol. The molecule has 2 aromatic rings. The third-order valence-electron chi connectivity index (χ3n) is 2.76. The lowest BCUT2D eigenvalue weighted by Crippen LogP contribution is -2.08. The van der Waals surface area contributed by atoms with E-state index in [1.54, 1.807) is 16.8 Å². The van der Waals surface area contributed by atoms with Crippen molar-refractivity contribution >= 4 is 17.3 Å². The van der Waals surface area contributed by atoms with E-state index in [1.165, 1.54) is 0 Å². The molecule has 0 amide bonds. The van der Waals surface area contributed by atoms with Crippen LogP contribution < -0.4 is 5.73 Å². The van der Waals surface area contributed by atoms with Gasteiger partial charge in [0.05, 0.1) is 6.04 Å². The second kappa shape index (κ2) is 4.71. The second-order valence-electron chi connectivity index (χ2n) is 3.94. The Morgan fingerprint density at radius 3 is 2.88 bits per heavy atom. The fourth-order valence-corrected chi connectivity index (χ4v) is 1.76. The smallest absolute Gasteiger partial charge is 0.184 e. The first-order chi connectivity index (χ1) is 8.13. The van der Waals surface area contributed by atoms with Gasteiger partial charge in [-0.25, -0.2) is 4.68 Å². The van der Waals surface area contributed by atoms with E-state index in [4.69, 9.17) is 17.3 Å². The summed E-state index contributed by atoms with van der Waals surface area (Å²) < 4.78 is 1.78. The Bertz CT molecular complexity index is 522. The maximum Gasteiger partial charge on any atom is 0.184 e. The molecule has 0 bridgehead atoms. The van der Waals surface area contributed by atoms with Gasteiger partial charge in [0.25, 0.3) is 0 Å². The lowest BCUT2D eigenvalue weighted by molar-refractivity contribution is 0.469. The molecule has 0 saturated heterocycles. The first kappa shape index (κ1) is 11.9. The van der Waals surface area contributed by atoms with Gasteiger partial charge >= 0.3 is 0 Å². The molecule has 0 aliphatic carbocycles. The van der Waals surface area contributed by atoms with Gasteiger partial charge in [0.15, 0.2) is 5.82 Å². The van der Waals surface area contributed by atoms with E-state index >= 15 is 0 Å². The maximum atomic E-state index is 5.93. The van der Waals surface area contributed by atoms with Crippen LogP contribution in [0.2, 0.25) is 5.02 Å². The topological polar surface area (TPSA) is 69.6 Å². The molecule has 1 heterocycles. The van der Waals surface area contributed by atoms with E-state index in [0.29, 0.717) is 16.5 Å². The van der Waals surface area contributed by atoms with Gasteiger partial charge in [-0.2, -0.15) is 0 Å². The van der Waals surface area contributed by atoms with Gasteiger partial charge in [-0.05, 0) is 42.0 Å². The highest BCUT2D eigenvalue weighted by atomic mass is 35.5. The van der Waals surface area contributed by atoms with Crippen molar-refractivity contribution in [1.82, 2.24) is 20.2 Å². The number of tetrazole rings is 1. The molecule has 0 saturated carbocycles. The summed E-state index contributed by atoms with van der Waals surface area (Å²) in [5, 5.41) is 12.3. The molecular weight excluding hydrogens is 238 g/mol. The number of hydrogen-bond donors (Lipinski definition) is 1. The van der Waals surface area contributed by atoms with Crippen LogP contribution in [0.4, 0.5) is 5.69 Å². The van der Waals surface area contributed by atoms with Gasteiger partial charge < -0.3 is 5.73 Å². The zero-order valence-electron chi connectivity index (χ0n) is 9.76. The van der Waals surface area contributed by atoms with Crippen LogP contribution in [-0.4, -0.2) is 20.2 Å². The number of rotatable bonds is 3. The molecule has 0 spiro atoms. The van der Waals surface area contributed by atoms with Gasteiger partial charge in [0, 0.05) is 16.3 Å². The van der Waals surface area contributed by atoms with Crippen molar-refractivity contribution in [1.29, 1.82) is 0 Å². The van der Waals surface area contributed by atoms with E-state index in [-0.39, 0.29) is 6.04 Å². The molecule has 5 nitrogen and oxygen atoms in total. The third-order valence-corrected chi connectivity index (χ3v) is 2.99. The van der Waals surface area contributed by atoms with Crippen LogP contribution in [0.15, 0.2) is 18.2 Å². The molecule has 0 radical (unpaired) electrons. The number of halogens is 1. The van der Waals surface area contributed by atoms with Crippen LogP contribution in [-0.2, 0) is 0 Å². The van der Waals surface area contributed by atoms with Crippen molar-refractivity contribution in [2.24, 2.45) is 0 Å².